The van der Waals surface area contributed by atoms with Crippen LogP contribution in [0, 0.1) is 5.92 Å². The third-order valence-electron chi connectivity index (χ3n) is 1.74. The summed E-state index contributed by atoms with van der Waals surface area (Å²) in [5, 5.41) is 0. The Morgan fingerprint density at radius 3 is 2.00 bits per heavy atom. The zero-order valence-corrected chi connectivity index (χ0v) is 8.44. The second kappa shape index (κ2) is 4.19. The summed E-state index contributed by atoms with van der Waals surface area (Å²) in [4.78, 5) is 11.5. The van der Waals surface area contributed by atoms with E-state index in [1.807, 2.05) is 0 Å². The number of nitrogens with zero attached hydrogens (tertiary/aromatic N) is 3. The Morgan fingerprint density at radius 1 is 1.07 bits per heavy atom. The molecule has 6 nitrogen and oxygen atoms in total. The van der Waals surface area contributed by atoms with E-state index in [4.69, 9.17) is 17.2 Å². The van der Waals surface area contributed by atoms with Crippen LogP contribution in [-0.2, 0) is 0 Å². The third kappa shape index (κ3) is 2.81. The summed E-state index contributed by atoms with van der Waals surface area (Å²) in [6.45, 7) is 4.15. The zero-order valence-electron chi connectivity index (χ0n) is 8.44. The minimum absolute atomic E-state index is 0.117. The number of aromatic nitrogens is 3. The number of hydrogen-bond donors (Lipinski definition) is 3. The Bertz CT molecular complexity index is 290. The van der Waals surface area contributed by atoms with Gasteiger partial charge in [0, 0.05) is 0 Å². The van der Waals surface area contributed by atoms with E-state index in [2.05, 4.69) is 28.8 Å². The van der Waals surface area contributed by atoms with Crippen molar-refractivity contribution in [1.29, 1.82) is 0 Å². The molecule has 78 valence electrons. The van der Waals surface area contributed by atoms with Crippen molar-refractivity contribution < 1.29 is 0 Å². The Hall–Kier alpha value is -1.43. The lowest BCUT2D eigenvalue weighted by molar-refractivity contribution is 0.493. The normalized spacial score (nSPS) is 13.1. The molecule has 1 atom stereocenters. The van der Waals surface area contributed by atoms with Crippen LogP contribution in [0.1, 0.15) is 32.1 Å². The van der Waals surface area contributed by atoms with E-state index >= 15 is 0 Å². The van der Waals surface area contributed by atoms with Crippen LogP contribution in [0.15, 0.2) is 0 Å². The molecule has 0 spiro atoms. The molecule has 6 heteroatoms. The molecule has 1 rings (SSSR count). The molecule has 0 unspecified atom stereocenters. The fourth-order valence-electron chi connectivity index (χ4n) is 1.21. The number of nitrogens with two attached hydrogens (primary N) is 3. The average molecular weight is 196 g/mol. The zero-order chi connectivity index (χ0) is 10.7. The lowest BCUT2D eigenvalue weighted by Gasteiger charge is -2.12. The summed E-state index contributed by atoms with van der Waals surface area (Å²) in [6.07, 6.45) is 0.795. The Morgan fingerprint density at radius 2 is 1.57 bits per heavy atom. The van der Waals surface area contributed by atoms with Crippen LogP contribution in [0.4, 0.5) is 11.9 Å². The smallest absolute Gasteiger partial charge is 0.225 e. The summed E-state index contributed by atoms with van der Waals surface area (Å²) in [5.41, 5.74) is 16.7. The lowest BCUT2D eigenvalue weighted by atomic mass is 10.0. The summed E-state index contributed by atoms with van der Waals surface area (Å²) >= 11 is 0. The van der Waals surface area contributed by atoms with Gasteiger partial charge in [-0.15, -0.1) is 0 Å². The minimum Gasteiger partial charge on any atom is -0.368 e. The maximum absolute atomic E-state index is 5.87. The molecule has 0 saturated carbocycles. The highest BCUT2D eigenvalue weighted by molar-refractivity contribution is 5.26. The number of rotatable bonds is 3. The van der Waals surface area contributed by atoms with Crippen molar-refractivity contribution in [3.8, 4) is 0 Å². The molecule has 0 aliphatic carbocycles. The van der Waals surface area contributed by atoms with Crippen LogP contribution >= 0.6 is 0 Å². The van der Waals surface area contributed by atoms with Crippen molar-refractivity contribution >= 4 is 11.9 Å². The minimum atomic E-state index is -0.234. The molecule has 0 aliphatic rings. The molecule has 0 aliphatic heterocycles. The van der Waals surface area contributed by atoms with Gasteiger partial charge in [0.25, 0.3) is 0 Å². The SMILES string of the molecule is CC(C)C[C@H](N)c1nc(N)nc(N)n1. The molecule has 1 aromatic rings. The summed E-state index contributed by atoms with van der Waals surface area (Å²) < 4.78 is 0. The second-order valence-corrected chi connectivity index (χ2v) is 3.65. The summed E-state index contributed by atoms with van der Waals surface area (Å²) in [7, 11) is 0. The molecule has 0 radical (unpaired) electrons. The molecule has 0 saturated heterocycles. The molecule has 1 heterocycles. The number of anilines is 2. The van der Waals surface area contributed by atoms with Crippen molar-refractivity contribution in [3.63, 3.8) is 0 Å². The van der Waals surface area contributed by atoms with Crippen LogP contribution in [0.2, 0.25) is 0 Å². The van der Waals surface area contributed by atoms with E-state index in [-0.39, 0.29) is 17.9 Å². The predicted molar refractivity (Wildman–Crippen MR) is 55.0 cm³/mol. The quantitative estimate of drug-likeness (QED) is 0.630. The molecule has 6 N–H and O–H groups in total. The van der Waals surface area contributed by atoms with E-state index < -0.39 is 0 Å². The van der Waals surface area contributed by atoms with Crippen molar-refractivity contribution in [2.75, 3.05) is 11.5 Å². The third-order valence-corrected chi connectivity index (χ3v) is 1.74. The maximum atomic E-state index is 5.87. The first-order chi connectivity index (χ1) is 6.49. The second-order valence-electron chi connectivity index (χ2n) is 3.65. The van der Waals surface area contributed by atoms with Crippen molar-refractivity contribution in [2.24, 2.45) is 11.7 Å². The van der Waals surface area contributed by atoms with E-state index in [1.54, 1.807) is 0 Å². The molecular formula is C8H16N6. The highest BCUT2D eigenvalue weighted by Crippen LogP contribution is 2.15. The maximum Gasteiger partial charge on any atom is 0.225 e. The van der Waals surface area contributed by atoms with Gasteiger partial charge in [0.1, 0.15) is 0 Å². The summed E-state index contributed by atoms with van der Waals surface area (Å²) in [6, 6.07) is -0.234. The first-order valence-corrected chi connectivity index (χ1v) is 4.51. The summed E-state index contributed by atoms with van der Waals surface area (Å²) in [5.74, 6) is 1.17. The van der Waals surface area contributed by atoms with Gasteiger partial charge in [-0.1, -0.05) is 13.8 Å². The van der Waals surface area contributed by atoms with Crippen LogP contribution in [0.3, 0.4) is 0 Å². The van der Waals surface area contributed by atoms with E-state index in [0.717, 1.165) is 6.42 Å². The van der Waals surface area contributed by atoms with Gasteiger partial charge in [-0.3, -0.25) is 0 Å². The topological polar surface area (TPSA) is 117 Å². The van der Waals surface area contributed by atoms with Gasteiger partial charge in [-0.05, 0) is 12.3 Å². The first kappa shape index (κ1) is 10.6. The largest absolute Gasteiger partial charge is 0.368 e. The Labute approximate surface area is 82.9 Å². The molecule has 0 amide bonds. The Balaban J connectivity index is 2.84. The molecule has 14 heavy (non-hydrogen) atoms. The van der Waals surface area contributed by atoms with Crippen molar-refractivity contribution in [3.05, 3.63) is 5.82 Å². The van der Waals surface area contributed by atoms with Crippen LogP contribution in [0.25, 0.3) is 0 Å². The fourth-order valence-corrected chi connectivity index (χ4v) is 1.21. The van der Waals surface area contributed by atoms with E-state index in [9.17, 15) is 0 Å². The van der Waals surface area contributed by atoms with E-state index in [1.165, 1.54) is 0 Å². The highest BCUT2D eigenvalue weighted by Gasteiger charge is 2.12. The number of nitrogen functional groups attached to an aromatic ring is 2. The Kier molecular flexibility index (Phi) is 3.19. The van der Waals surface area contributed by atoms with Crippen LogP contribution < -0.4 is 17.2 Å². The van der Waals surface area contributed by atoms with Crippen molar-refractivity contribution in [2.45, 2.75) is 26.3 Å². The van der Waals surface area contributed by atoms with Gasteiger partial charge in [0.2, 0.25) is 11.9 Å². The number of hydrogen-bond acceptors (Lipinski definition) is 6. The van der Waals surface area contributed by atoms with Gasteiger partial charge in [0.15, 0.2) is 5.82 Å². The molecular weight excluding hydrogens is 180 g/mol. The van der Waals surface area contributed by atoms with Gasteiger partial charge >= 0.3 is 0 Å². The van der Waals surface area contributed by atoms with Crippen LogP contribution in [0.5, 0.6) is 0 Å². The van der Waals surface area contributed by atoms with Gasteiger partial charge < -0.3 is 17.2 Å². The highest BCUT2D eigenvalue weighted by atomic mass is 15.1. The standard InChI is InChI=1S/C8H16N6/c1-4(2)3-5(9)6-12-7(10)14-8(11)13-6/h4-5H,3,9H2,1-2H3,(H4,10,11,12,13,14)/t5-/m0/s1. The first-order valence-electron chi connectivity index (χ1n) is 4.51. The van der Waals surface area contributed by atoms with Gasteiger partial charge in [0.05, 0.1) is 6.04 Å². The molecule has 0 fully saturated rings. The fraction of sp³-hybridized carbons (Fsp3) is 0.625. The molecule has 0 bridgehead atoms. The van der Waals surface area contributed by atoms with Crippen molar-refractivity contribution in [1.82, 2.24) is 15.0 Å². The predicted octanol–water partition coefficient (Wildman–Crippen LogP) is 0.0819. The van der Waals surface area contributed by atoms with Gasteiger partial charge in [-0.25, -0.2) is 0 Å². The van der Waals surface area contributed by atoms with E-state index in [0.29, 0.717) is 11.7 Å². The van der Waals surface area contributed by atoms with Crippen LogP contribution in [-0.4, -0.2) is 15.0 Å². The molecule has 1 aromatic heterocycles. The van der Waals surface area contributed by atoms with Gasteiger partial charge in [-0.2, -0.15) is 15.0 Å². The monoisotopic (exact) mass is 196 g/mol. The molecule has 0 aromatic carbocycles. The lowest BCUT2D eigenvalue weighted by Crippen LogP contribution is -2.18. The average Bonchev–Trinajstić information content (AvgIpc) is 2.00.